The van der Waals surface area contributed by atoms with Crippen LogP contribution in [0.1, 0.15) is 16.8 Å². The molecule has 132 valence electrons. The number of aromatic hydroxyl groups is 1. The minimum absolute atomic E-state index is 0.0255. The number of phenolic OH excluding ortho intramolecular Hbond substituents is 1. The number of phenols is 1. The lowest BCUT2D eigenvalue weighted by molar-refractivity contribution is -0.116. The van der Waals surface area contributed by atoms with Crippen molar-refractivity contribution in [1.82, 2.24) is 4.90 Å². The maximum absolute atomic E-state index is 13.0. The Bertz CT molecular complexity index is 761. The minimum Gasteiger partial charge on any atom is -0.507 e. The highest BCUT2D eigenvalue weighted by Gasteiger charge is 2.12. The average molecular weight is 345 g/mol. The van der Waals surface area contributed by atoms with E-state index in [1.54, 1.807) is 24.3 Å². The highest BCUT2D eigenvalue weighted by atomic mass is 19.1. The molecule has 0 aliphatic heterocycles. The van der Waals surface area contributed by atoms with Crippen molar-refractivity contribution < 1.29 is 19.1 Å². The van der Waals surface area contributed by atoms with Crippen LogP contribution in [0, 0.1) is 5.82 Å². The molecular weight excluding hydrogens is 325 g/mol. The summed E-state index contributed by atoms with van der Waals surface area (Å²) in [5, 5.41) is 15.0. The Labute approximate surface area is 145 Å². The van der Waals surface area contributed by atoms with E-state index in [0.29, 0.717) is 24.3 Å². The van der Waals surface area contributed by atoms with Gasteiger partial charge < -0.3 is 20.6 Å². The Morgan fingerprint density at radius 3 is 2.20 bits per heavy atom. The molecule has 0 radical (unpaired) electrons. The Kier molecular flexibility index (Phi) is 6.08. The molecule has 0 saturated heterocycles. The monoisotopic (exact) mass is 345 g/mol. The van der Waals surface area contributed by atoms with Gasteiger partial charge in [0.2, 0.25) is 5.91 Å². The standard InChI is InChI=1S/C18H20FN3O3/c1-22(2)10-9-17(24)20-13-4-6-14(7-5-13)21-18(25)15-8-3-12(19)11-16(15)23/h3-8,11,23H,9-10H2,1-2H3,(H,20,24)(H,21,25). The SMILES string of the molecule is CN(C)CCC(=O)Nc1ccc(NC(=O)c2ccc(F)cc2O)cc1. The van der Waals surface area contributed by atoms with Crippen LogP contribution in [0.2, 0.25) is 0 Å². The van der Waals surface area contributed by atoms with Gasteiger partial charge >= 0.3 is 0 Å². The van der Waals surface area contributed by atoms with Gasteiger partial charge in [0.05, 0.1) is 5.56 Å². The zero-order chi connectivity index (χ0) is 18.4. The van der Waals surface area contributed by atoms with Crippen molar-refractivity contribution in [2.75, 3.05) is 31.3 Å². The number of benzene rings is 2. The third-order valence-electron chi connectivity index (χ3n) is 3.42. The van der Waals surface area contributed by atoms with Crippen molar-refractivity contribution in [2.45, 2.75) is 6.42 Å². The third kappa shape index (κ3) is 5.58. The van der Waals surface area contributed by atoms with E-state index >= 15 is 0 Å². The van der Waals surface area contributed by atoms with Crippen LogP contribution in [0.25, 0.3) is 0 Å². The van der Waals surface area contributed by atoms with Crippen LogP contribution >= 0.6 is 0 Å². The predicted molar refractivity (Wildman–Crippen MR) is 94.3 cm³/mol. The summed E-state index contributed by atoms with van der Waals surface area (Å²) in [5.41, 5.74) is 1.08. The number of nitrogens with one attached hydrogen (secondary N) is 2. The number of carbonyl (C=O) groups excluding carboxylic acids is 2. The molecule has 0 spiro atoms. The number of rotatable bonds is 6. The van der Waals surface area contributed by atoms with E-state index in [1.165, 1.54) is 6.07 Å². The molecule has 0 aliphatic rings. The largest absolute Gasteiger partial charge is 0.507 e. The van der Waals surface area contributed by atoms with Gasteiger partial charge in [-0.3, -0.25) is 9.59 Å². The average Bonchev–Trinajstić information content (AvgIpc) is 2.54. The molecule has 6 nitrogen and oxygen atoms in total. The molecular formula is C18H20FN3O3. The van der Waals surface area contributed by atoms with Crippen molar-refractivity contribution in [1.29, 1.82) is 0 Å². The molecule has 0 saturated carbocycles. The van der Waals surface area contributed by atoms with Crippen molar-refractivity contribution in [3.8, 4) is 5.75 Å². The number of carbonyl (C=O) groups is 2. The fraction of sp³-hybridized carbons (Fsp3) is 0.222. The number of amides is 2. The van der Waals surface area contributed by atoms with Crippen molar-refractivity contribution in [2.24, 2.45) is 0 Å². The maximum atomic E-state index is 13.0. The van der Waals surface area contributed by atoms with E-state index in [-0.39, 0.29) is 11.5 Å². The summed E-state index contributed by atoms with van der Waals surface area (Å²) in [4.78, 5) is 25.8. The molecule has 0 aliphatic carbocycles. The van der Waals surface area contributed by atoms with Crippen LogP contribution in [0.3, 0.4) is 0 Å². The van der Waals surface area contributed by atoms with Crippen molar-refractivity contribution in [3.05, 3.63) is 53.8 Å². The molecule has 2 rings (SSSR count). The zero-order valence-electron chi connectivity index (χ0n) is 14.0. The normalized spacial score (nSPS) is 10.6. The topological polar surface area (TPSA) is 81.7 Å². The van der Waals surface area contributed by atoms with Crippen LogP contribution in [-0.2, 0) is 4.79 Å². The van der Waals surface area contributed by atoms with Crippen LogP contribution in [0.5, 0.6) is 5.75 Å². The van der Waals surface area contributed by atoms with Gasteiger partial charge in [0, 0.05) is 30.4 Å². The summed E-state index contributed by atoms with van der Waals surface area (Å²) in [6.45, 7) is 0.654. The first-order chi connectivity index (χ1) is 11.8. The lowest BCUT2D eigenvalue weighted by atomic mass is 10.1. The van der Waals surface area contributed by atoms with Gasteiger partial charge in [0.15, 0.2) is 0 Å². The van der Waals surface area contributed by atoms with Gasteiger partial charge in [-0.15, -0.1) is 0 Å². The Morgan fingerprint density at radius 1 is 1.04 bits per heavy atom. The van der Waals surface area contributed by atoms with Crippen LogP contribution in [-0.4, -0.2) is 42.5 Å². The molecule has 0 aromatic heterocycles. The summed E-state index contributed by atoms with van der Waals surface area (Å²) in [7, 11) is 3.79. The minimum atomic E-state index is -0.622. The third-order valence-corrected chi connectivity index (χ3v) is 3.42. The molecule has 2 amide bonds. The number of halogens is 1. The van der Waals surface area contributed by atoms with Crippen LogP contribution in [0.4, 0.5) is 15.8 Å². The van der Waals surface area contributed by atoms with E-state index in [2.05, 4.69) is 10.6 Å². The fourth-order valence-corrected chi connectivity index (χ4v) is 2.08. The van der Waals surface area contributed by atoms with E-state index in [1.807, 2.05) is 19.0 Å². The second kappa shape index (κ2) is 8.25. The summed E-state index contributed by atoms with van der Waals surface area (Å²) in [5.74, 6) is -1.70. The summed E-state index contributed by atoms with van der Waals surface area (Å²) in [6, 6.07) is 9.75. The summed E-state index contributed by atoms with van der Waals surface area (Å²) >= 11 is 0. The van der Waals surface area contributed by atoms with E-state index < -0.39 is 17.5 Å². The summed E-state index contributed by atoms with van der Waals surface area (Å²) < 4.78 is 13.0. The maximum Gasteiger partial charge on any atom is 0.259 e. The molecule has 0 heterocycles. The number of hydrogen-bond acceptors (Lipinski definition) is 4. The van der Waals surface area contributed by atoms with E-state index in [0.717, 1.165) is 12.1 Å². The lowest BCUT2D eigenvalue weighted by Gasteiger charge is -2.10. The Hall–Kier alpha value is -2.93. The molecule has 3 N–H and O–H groups in total. The second-order valence-corrected chi connectivity index (χ2v) is 5.79. The molecule has 0 fully saturated rings. The Morgan fingerprint density at radius 2 is 1.64 bits per heavy atom. The number of anilines is 2. The summed E-state index contributed by atoms with van der Waals surface area (Å²) in [6.07, 6.45) is 0.384. The predicted octanol–water partition coefficient (Wildman–Crippen LogP) is 2.67. The van der Waals surface area contributed by atoms with Crippen LogP contribution in [0.15, 0.2) is 42.5 Å². The number of nitrogens with zero attached hydrogens (tertiary/aromatic N) is 1. The van der Waals surface area contributed by atoms with Gasteiger partial charge in [-0.2, -0.15) is 0 Å². The smallest absolute Gasteiger partial charge is 0.259 e. The van der Waals surface area contributed by atoms with Gasteiger partial charge in [-0.25, -0.2) is 4.39 Å². The molecule has 25 heavy (non-hydrogen) atoms. The molecule has 2 aromatic rings. The molecule has 0 atom stereocenters. The van der Waals surface area contributed by atoms with Gasteiger partial charge in [0.1, 0.15) is 11.6 Å². The van der Waals surface area contributed by atoms with Crippen molar-refractivity contribution >= 4 is 23.2 Å². The number of hydrogen-bond donors (Lipinski definition) is 3. The fourth-order valence-electron chi connectivity index (χ4n) is 2.08. The van der Waals surface area contributed by atoms with Crippen LogP contribution < -0.4 is 10.6 Å². The first-order valence-corrected chi connectivity index (χ1v) is 7.69. The van der Waals surface area contributed by atoms with Gasteiger partial charge in [-0.1, -0.05) is 0 Å². The first-order valence-electron chi connectivity index (χ1n) is 7.69. The second-order valence-electron chi connectivity index (χ2n) is 5.79. The quantitative estimate of drug-likeness (QED) is 0.752. The molecule has 0 bridgehead atoms. The van der Waals surface area contributed by atoms with E-state index in [4.69, 9.17) is 0 Å². The molecule has 7 heteroatoms. The zero-order valence-corrected chi connectivity index (χ0v) is 14.0. The first kappa shape index (κ1) is 18.4. The van der Waals surface area contributed by atoms with Crippen molar-refractivity contribution in [3.63, 3.8) is 0 Å². The van der Waals surface area contributed by atoms with Gasteiger partial charge in [0.25, 0.3) is 5.91 Å². The molecule has 0 unspecified atom stereocenters. The highest BCUT2D eigenvalue weighted by molar-refractivity contribution is 6.06. The Balaban J connectivity index is 1.95. The van der Waals surface area contributed by atoms with Gasteiger partial charge in [-0.05, 0) is 50.5 Å². The highest BCUT2D eigenvalue weighted by Crippen LogP contribution is 2.20. The lowest BCUT2D eigenvalue weighted by Crippen LogP contribution is -2.20. The van der Waals surface area contributed by atoms with E-state index in [9.17, 15) is 19.1 Å². The molecule has 2 aromatic carbocycles.